The molecule has 242 valence electrons. The van der Waals surface area contributed by atoms with Gasteiger partial charge >= 0.3 is 0 Å². The molecule has 0 radical (unpaired) electrons. The predicted octanol–water partition coefficient (Wildman–Crippen LogP) is 5.61. The zero-order valence-electron chi connectivity index (χ0n) is 26.8. The smallest absolute Gasteiger partial charge is 0.228 e. The third-order valence-electron chi connectivity index (χ3n) is 11.6. The van der Waals surface area contributed by atoms with E-state index in [0.29, 0.717) is 51.7 Å². The van der Waals surface area contributed by atoms with Crippen LogP contribution in [0.5, 0.6) is 0 Å². The molecule has 3 aliphatic heterocycles. The minimum atomic E-state index is -0.734. The average molecular weight is 615 g/mol. The molecular formula is C37H50N4O4. The SMILES string of the molecule is O=C(CC1C[C@H](C(=O)N2CCOCC2)[C@@]2(CCC3CCCC3)c3[nH]c4ccccc4c3CCN2C1=O)NCCC1=CCCCC1. The minimum absolute atomic E-state index is 0.0434. The number of benzene rings is 1. The summed E-state index contributed by atoms with van der Waals surface area (Å²) in [4.78, 5) is 50.4. The molecule has 2 N–H and O–H groups in total. The third kappa shape index (κ3) is 5.95. The molecule has 7 rings (SSSR count). The first kappa shape index (κ1) is 30.5. The lowest BCUT2D eigenvalue weighted by molar-refractivity contribution is -0.169. The fourth-order valence-electron chi connectivity index (χ4n) is 9.28. The second-order valence-electron chi connectivity index (χ2n) is 14.2. The summed E-state index contributed by atoms with van der Waals surface area (Å²) < 4.78 is 5.63. The molecule has 0 bridgehead atoms. The van der Waals surface area contributed by atoms with Crippen LogP contribution in [-0.2, 0) is 31.1 Å². The van der Waals surface area contributed by atoms with Gasteiger partial charge in [-0.1, -0.05) is 55.5 Å². The molecule has 5 aliphatic rings. The van der Waals surface area contributed by atoms with Gasteiger partial charge in [0.05, 0.1) is 24.7 Å². The molecular weight excluding hydrogens is 564 g/mol. The van der Waals surface area contributed by atoms with Gasteiger partial charge in [-0.05, 0) is 75.3 Å². The van der Waals surface area contributed by atoms with Crippen molar-refractivity contribution in [3.05, 3.63) is 47.2 Å². The Morgan fingerprint density at radius 3 is 2.64 bits per heavy atom. The first-order chi connectivity index (χ1) is 22.0. The summed E-state index contributed by atoms with van der Waals surface area (Å²) in [7, 11) is 0. The molecule has 8 nitrogen and oxygen atoms in total. The summed E-state index contributed by atoms with van der Waals surface area (Å²) in [5, 5.41) is 4.31. The van der Waals surface area contributed by atoms with Crippen LogP contribution in [0.1, 0.15) is 94.7 Å². The Bertz CT molecular complexity index is 1440. The highest BCUT2D eigenvalue weighted by molar-refractivity contribution is 5.93. The first-order valence-corrected chi connectivity index (χ1v) is 17.8. The van der Waals surface area contributed by atoms with Gasteiger partial charge in [0.2, 0.25) is 17.7 Å². The van der Waals surface area contributed by atoms with Gasteiger partial charge in [0.15, 0.2) is 0 Å². The number of piperidine rings is 1. The Labute approximate surface area is 267 Å². The maximum atomic E-state index is 14.7. The quantitative estimate of drug-likeness (QED) is 0.359. The Hall–Kier alpha value is -3.13. The van der Waals surface area contributed by atoms with Gasteiger partial charge < -0.3 is 24.8 Å². The van der Waals surface area contributed by atoms with Crippen LogP contribution in [0.3, 0.4) is 0 Å². The number of hydrogen-bond acceptors (Lipinski definition) is 4. The number of amides is 3. The lowest BCUT2D eigenvalue weighted by Gasteiger charge is -2.56. The topological polar surface area (TPSA) is 94.7 Å². The van der Waals surface area contributed by atoms with E-state index < -0.39 is 17.4 Å². The summed E-state index contributed by atoms with van der Waals surface area (Å²) in [6.07, 6.45) is 16.0. The molecule has 0 spiro atoms. The van der Waals surface area contributed by atoms with Crippen LogP contribution in [0.25, 0.3) is 10.9 Å². The molecule has 1 unspecified atom stereocenters. The number of allylic oxidation sites excluding steroid dienone is 1. The number of para-hydroxylation sites is 1. The summed E-state index contributed by atoms with van der Waals surface area (Å²) in [5.41, 5.74) is 4.10. The molecule has 2 saturated heterocycles. The average Bonchev–Trinajstić information content (AvgIpc) is 3.74. The van der Waals surface area contributed by atoms with Gasteiger partial charge in [0.25, 0.3) is 0 Å². The van der Waals surface area contributed by atoms with E-state index in [4.69, 9.17) is 4.74 Å². The van der Waals surface area contributed by atoms with Crippen molar-refractivity contribution in [1.29, 1.82) is 0 Å². The number of nitrogens with one attached hydrogen (secondary N) is 2. The van der Waals surface area contributed by atoms with E-state index >= 15 is 0 Å². The molecule has 4 heterocycles. The van der Waals surface area contributed by atoms with Crippen molar-refractivity contribution in [1.82, 2.24) is 20.1 Å². The second-order valence-corrected chi connectivity index (χ2v) is 14.2. The van der Waals surface area contributed by atoms with E-state index in [2.05, 4.69) is 45.5 Å². The summed E-state index contributed by atoms with van der Waals surface area (Å²) in [5.74, 6) is -0.200. The molecule has 2 aliphatic carbocycles. The van der Waals surface area contributed by atoms with Crippen molar-refractivity contribution in [2.24, 2.45) is 17.8 Å². The van der Waals surface area contributed by atoms with Crippen LogP contribution in [0.2, 0.25) is 0 Å². The van der Waals surface area contributed by atoms with E-state index in [-0.39, 0.29) is 24.1 Å². The van der Waals surface area contributed by atoms with E-state index in [1.54, 1.807) is 0 Å². The van der Waals surface area contributed by atoms with E-state index in [1.165, 1.54) is 55.0 Å². The van der Waals surface area contributed by atoms with Crippen molar-refractivity contribution in [2.45, 2.75) is 95.4 Å². The molecule has 2 aromatic rings. The van der Waals surface area contributed by atoms with Gasteiger partial charge in [-0.25, -0.2) is 0 Å². The van der Waals surface area contributed by atoms with Gasteiger partial charge in [0.1, 0.15) is 0 Å². The lowest BCUT2D eigenvalue weighted by Crippen LogP contribution is -2.66. The molecule has 8 heteroatoms. The van der Waals surface area contributed by atoms with Gasteiger partial charge in [-0.3, -0.25) is 14.4 Å². The van der Waals surface area contributed by atoms with Gasteiger partial charge in [-0.15, -0.1) is 0 Å². The van der Waals surface area contributed by atoms with Gasteiger partial charge in [-0.2, -0.15) is 0 Å². The van der Waals surface area contributed by atoms with Crippen molar-refractivity contribution < 1.29 is 19.1 Å². The Morgan fingerprint density at radius 2 is 1.84 bits per heavy atom. The van der Waals surface area contributed by atoms with Crippen molar-refractivity contribution in [3.8, 4) is 0 Å². The van der Waals surface area contributed by atoms with Crippen molar-refractivity contribution in [2.75, 3.05) is 39.4 Å². The number of aromatic amines is 1. The summed E-state index contributed by atoms with van der Waals surface area (Å²) in [6, 6.07) is 8.42. The third-order valence-corrected chi connectivity index (χ3v) is 11.6. The number of H-pyrrole nitrogens is 1. The fourth-order valence-corrected chi connectivity index (χ4v) is 9.28. The number of carbonyl (C=O) groups is 3. The highest BCUT2D eigenvalue weighted by Crippen LogP contribution is 2.53. The maximum absolute atomic E-state index is 14.7. The Balaban J connectivity index is 1.21. The van der Waals surface area contributed by atoms with Crippen LogP contribution in [-0.4, -0.2) is 71.9 Å². The zero-order valence-corrected chi connectivity index (χ0v) is 26.8. The van der Waals surface area contributed by atoms with Crippen LogP contribution in [0.15, 0.2) is 35.9 Å². The molecule has 45 heavy (non-hydrogen) atoms. The monoisotopic (exact) mass is 614 g/mol. The molecule has 1 saturated carbocycles. The Kier molecular flexibility index (Phi) is 9.03. The molecule has 1 aromatic carbocycles. The predicted molar refractivity (Wildman–Crippen MR) is 174 cm³/mol. The number of ether oxygens (including phenoxy) is 1. The van der Waals surface area contributed by atoms with Crippen LogP contribution < -0.4 is 5.32 Å². The number of carbonyl (C=O) groups excluding carboxylic acids is 3. The van der Waals surface area contributed by atoms with E-state index in [0.717, 1.165) is 49.7 Å². The number of aromatic nitrogens is 1. The zero-order chi connectivity index (χ0) is 30.8. The Morgan fingerprint density at radius 1 is 1.02 bits per heavy atom. The minimum Gasteiger partial charge on any atom is -0.378 e. The van der Waals surface area contributed by atoms with Crippen molar-refractivity contribution >= 4 is 28.6 Å². The van der Waals surface area contributed by atoms with Crippen LogP contribution in [0.4, 0.5) is 0 Å². The molecule has 3 atom stereocenters. The number of rotatable bonds is 9. The molecule has 3 fully saturated rings. The fraction of sp³-hybridized carbons (Fsp3) is 0.649. The number of hydrogen-bond donors (Lipinski definition) is 2. The number of fused-ring (bicyclic) bond motifs is 5. The number of morpholine rings is 1. The van der Waals surface area contributed by atoms with Crippen LogP contribution >= 0.6 is 0 Å². The largest absolute Gasteiger partial charge is 0.378 e. The number of nitrogens with zero attached hydrogens (tertiary/aromatic N) is 2. The normalized spacial score (nSPS) is 27.3. The second kappa shape index (κ2) is 13.3. The molecule has 1 aromatic heterocycles. The summed E-state index contributed by atoms with van der Waals surface area (Å²) in [6.45, 7) is 3.41. The van der Waals surface area contributed by atoms with Crippen molar-refractivity contribution in [3.63, 3.8) is 0 Å². The maximum Gasteiger partial charge on any atom is 0.228 e. The highest BCUT2D eigenvalue weighted by Gasteiger charge is 2.59. The highest BCUT2D eigenvalue weighted by atomic mass is 16.5. The first-order valence-electron chi connectivity index (χ1n) is 17.8. The van der Waals surface area contributed by atoms with Gasteiger partial charge in [0, 0.05) is 55.1 Å². The van der Waals surface area contributed by atoms with E-state index in [9.17, 15) is 14.4 Å². The lowest BCUT2D eigenvalue weighted by atomic mass is 9.64. The van der Waals surface area contributed by atoms with E-state index in [1.807, 2.05) is 4.90 Å². The van der Waals surface area contributed by atoms with Crippen LogP contribution in [0, 0.1) is 17.8 Å². The standard InChI is InChI=1S/C37H50N4O4/c42-33(38-18-15-27-8-2-1-3-9-27)25-28-24-31(36(44)40-20-22-45-23-21-40)37(17-14-26-10-4-5-11-26)34-30(16-19-41(37)35(28)43)29-12-6-7-13-32(29)39-34/h6-8,12-13,26,28,31,39H,1-5,9-11,14-25H2,(H,38,42)/t28?,31-,37+/m1/s1. The summed E-state index contributed by atoms with van der Waals surface area (Å²) >= 11 is 0. The molecule has 3 amide bonds.